The Labute approximate surface area is 170 Å². The van der Waals surface area contributed by atoms with Crippen molar-refractivity contribution in [2.24, 2.45) is 7.05 Å². The smallest absolute Gasteiger partial charge is 0.356 e. The number of carbonyl (C=O) groups excluding carboxylic acids is 2. The van der Waals surface area contributed by atoms with Crippen LogP contribution in [0.1, 0.15) is 35.0 Å². The van der Waals surface area contributed by atoms with Gasteiger partial charge in [-0.25, -0.2) is 13.2 Å². The van der Waals surface area contributed by atoms with E-state index in [4.69, 9.17) is 4.74 Å². The maximum atomic E-state index is 12.8. The van der Waals surface area contributed by atoms with Gasteiger partial charge in [0.1, 0.15) is 10.6 Å². The van der Waals surface area contributed by atoms with Gasteiger partial charge in [-0.3, -0.25) is 4.79 Å². The molecule has 3 rings (SSSR count). The third-order valence-corrected chi connectivity index (χ3v) is 6.75. The summed E-state index contributed by atoms with van der Waals surface area (Å²) < 4.78 is 33.9. The minimum absolute atomic E-state index is 0.0454. The Bertz CT molecular complexity index is 992. The molecule has 8 nitrogen and oxygen atoms in total. The maximum Gasteiger partial charge on any atom is 0.356 e. The average Bonchev–Trinajstić information content (AvgIpc) is 3.36. The Balaban J connectivity index is 1.87. The fourth-order valence-corrected chi connectivity index (χ4v) is 4.84. The highest BCUT2D eigenvalue weighted by Gasteiger charge is 2.32. The minimum atomic E-state index is -3.65. The maximum absolute atomic E-state index is 12.8. The van der Waals surface area contributed by atoms with Crippen molar-refractivity contribution in [3.8, 4) is 0 Å². The molecule has 1 aliphatic heterocycles. The van der Waals surface area contributed by atoms with Crippen LogP contribution in [0.5, 0.6) is 0 Å². The highest BCUT2D eigenvalue weighted by Crippen LogP contribution is 2.25. The summed E-state index contributed by atoms with van der Waals surface area (Å²) in [6, 6.07) is 10.0. The predicted molar refractivity (Wildman–Crippen MR) is 107 cm³/mol. The van der Waals surface area contributed by atoms with E-state index in [2.05, 4.69) is 0 Å². The molecule has 156 valence electrons. The van der Waals surface area contributed by atoms with E-state index in [0.29, 0.717) is 18.7 Å². The topological polar surface area (TPSA) is 88.9 Å². The van der Waals surface area contributed by atoms with Gasteiger partial charge in [-0.2, -0.15) is 4.31 Å². The van der Waals surface area contributed by atoms with E-state index >= 15 is 0 Å². The molecule has 1 unspecified atom stereocenters. The quantitative estimate of drug-likeness (QED) is 0.666. The summed E-state index contributed by atoms with van der Waals surface area (Å²) in [6.07, 6.45) is 1.93. The number of ether oxygens (including phenoxy) is 1. The number of esters is 1. The molecule has 9 heteroatoms. The minimum Gasteiger partial charge on any atom is -0.443 e. The molecule has 1 amide bonds. The number of rotatable bonds is 6. The SMILES string of the molecule is CN(C)C(=O)C(OC(=O)c1cc(S(=O)(=O)N2CCCC2)cn1C)c1ccccc1. The molecular weight excluding hydrogens is 394 g/mol. The number of hydrogen-bond donors (Lipinski definition) is 0. The molecule has 2 aromatic rings. The van der Waals surface area contributed by atoms with Crippen LogP contribution < -0.4 is 0 Å². The highest BCUT2D eigenvalue weighted by atomic mass is 32.2. The van der Waals surface area contributed by atoms with Crippen molar-refractivity contribution in [3.63, 3.8) is 0 Å². The van der Waals surface area contributed by atoms with Crippen LogP contribution in [0, 0.1) is 0 Å². The molecule has 1 saturated heterocycles. The molecule has 0 spiro atoms. The Morgan fingerprint density at radius 3 is 2.31 bits per heavy atom. The van der Waals surface area contributed by atoms with Gasteiger partial charge in [0.05, 0.1) is 0 Å². The van der Waals surface area contributed by atoms with Gasteiger partial charge in [-0.1, -0.05) is 30.3 Å². The monoisotopic (exact) mass is 419 g/mol. The van der Waals surface area contributed by atoms with Crippen LogP contribution in [0.25, 0.3) is 0 Å². The van der Waals surface area contributed by atoms with Gasteiger partial charge in [-0.05, 0) is 18.9 Å². The van der Waals surface area contributed by atoms with Crippen LogP contribution in [0.4, 0.5) is 0 Å². The molecule has 1 atom stereocenters. The summed E-state index contributed by atoms with van der Waals surface area (Å²) in [5.74, 6) is -1.15. The van der Waals surface area contributed by atoms with Crippen LogP contribution >= 0.6 is 0 Å². The molecule has 1 fully saturated rings. The van der Waals surface area contributed by atoms with Crippen LogP contribution in [0.2, 0.25) is 0 Å². The second-order valence-corrected chi connectivity index (χ2v) is 9.15. The van der Waals surface area contributed by atoms with E-state index in [1.54, 1.807) is 51.5 Å². The number of hydrogen-bond acceptors (Lipinski definition) is 5. The van der Waals surface area contributed by atoms with Crippen molar-refractivity contribution in [1.29, 1.82) is 0 Å². The van der Waals surface area contributed by atoms with E-state index in [-0.39, 0.29) is 16.5 Å². The second kappa shape index (κ2) is 8.38. The third-order valence-electron chi connectivity index (χ3n) is 4.88. The normalized spacial score (nSPS) is 15.8. The summed E-state index contributed by atoms with van der Waals surface area (Å²) >= 11 is 0. The largest absolute Gasteiger partial charge is 0.443 e. The van der Waals surface area contributed by atoms with Gasteiger partial charge in [0.2, 0.25) is 16.1 Å². The van der Waals surface area contributed by atoms with Crippen molar-refractivity contribution in [3.05, 3.63) is 53.9 Å². The van der Waals surface area contributed by atoms with E-state index in [0.717, 1.165) is 12.8 Å². The number of aryl methyl sites for hydroxylation is 1. The number of likely N-dealkylation sites (N-methyl/N-ethyl adjacent to an activating group) is 1. The molecular formula is C20H25N3O5S. The molecule has 1 aliphatic rings. The lowest BCUT2D eigenvalue weighted by atomic mass is 10.1. The lowest BCUT2D eigenvalue weighted by molar-refractivity contribution is -0.138. The zero-order chi connectivity index (χ0) is 21.2. The standard InChI is InChI=1S/C20H25N3O5S/c1-21(2)19(24)18(15-9-5-4-6-10-15)28-20(25)17-13-16(14-22(17)3)29(26,27)23-11-7-8-12-23/h4-6,9-10,13-14,18H,7-8,11-12H2,1-3H3. The van der Waals surface area contributed by atoms with E-state index in [1.807, 2.05) is 0 Å². The molecule has 2 heterocycles. The lowest BCUT2D eigenvalue weighted by Crippen LogP contribution is -2.31. The number of aromatic nitrogens is 1. The molecule has 29 heavy (non-hydrogen) atoms. The lowest BCUT2D eigenvalue weighted by Gasteiger charge is -2.21. The number of carbonyl (C=O) groups is 2. The highest BCUT2D eigenvalue weighted by molar-refractivity contribution is 7.89. The first-order valence-corrected chi connectivity index (χ1v) is 10.8. The van der Waals surface area contributed by atoms with Crippen molar-refractivity contribution in [2.45, 2.75) is 23.8 Å². The van der Waals surface area contributed by atoms with Crippen molar-refractivity contribution >= 4 is 21.9 Å². The zero-order valence-corrected chi connectivity index (χ0v) is 17.6. The van der Waals surface area contributed by atoms with E-state index in [1.165, 1.54) is 26.0 Å². The van der Waals surface area contributed by atoms with Crippen LogP contribution in [-0.2, 0) is 26.6 Å². The molecule has 0 radical (unpaired) electrons. The average molecular weight is 420 g/mol. The summed E-state index contributed by atoms with van der Waals surface area (Å²) in [5.41, 5.74) is 0.605. The fourth-order valence-electron chi connectivity index (χ4n) is 3.25. The molecule has 0 aliphatic carbocycles. The van der Waals surface area contributed by atoms with Crippen molar-refractivity contribution < 1.29 is 22.7 Å². The number of benzene rings is 1. The Morgan fingerprint density at radius 1 is 1.10 bits per heavy atom. The van der Waals surface area contributed by atoms with Gasteiger partial charge < -0.3 is 14.2 Å². The van der Waals surface area contributed by atoms with Crippen LogP contribution in [-0.4, -0.2) is 61.3 Å². The summed E-state index contributed by atoms with van der Waals surface area (Å²) in [4.78, 5) is 26.8. The number of nitrogens with zero attached hydrogens (tertiary/aromatic N) is 3. The number of amides is 1. The summed E-state index contributed by atoms with van der Waals surface area (Å²) in [7, 11) is 1.08. The Hall–Kier alpha value is -2.65. The van der Waals surface area contributed by atoms with Crippen LogP contribution in [0.3, 0.4) is 0 Å². The second-order valence-electron chi connectivity index (χ2n) is 7.21. The predicted octanol–water partition coefficient (Wildman–Crippen LogP) is 1.80. The molecule has 1 aromatic heterocycles. The first-order chi connectivity index (χ1) is 13.7. The fraction of sp³-hybridized carbons (Fsp3) is 0.400. The summed E-state index contributed by atoms with van der Waals surface area (Å²) in [6.45, 7) is 0.953. The third kappa shape index (κ3) is 4.35. The molecule has 0 N–H and O–H groups in total. The zero-order valence-electron chi connectivity index (χ0n) is 16.7. The van der Waals surface area contributed by atoms with Crippen LogP contribution in [0.15, 0.2) is 47.5 Å². The molecule has 0 bridgehead atoms. The van der Waals surface area contributed by atoms with Gasteiger partial charge in [-0.15, -0.1) is 0 Å². The molecule has 1 aromatic carbocycles. The van der Waals surface area contributed by atoms with Gasteiger partial charge >= 0.3 is 5.97 Å². The van der Waals surface area contributed by atoms with Gasteiger partial charge in [0.15, 0.2) is 0 Å². The van der Waals surface area contributed by atoms with Gasteiger partial charge in [0.25, 0.3) is 5.91 Å². The van der Waals surface area contributed by atoms with Crippen molar-refractivity contribution in [1.82, 2.24) is 13.8 Å². The first kappa shape index (κ1) is 21.1. The van der Waals surface area contributed by atoms with E-state index < -0.39 is 22.1 Å². The van der Waals surface area contributed by atoms with E-state index in [9.17, 15) is 18.0 Å². The first-order valence-electron chi connectivity index (χ1n) is 9.35. The Morgan fingerprint density at radius 2 is 1.72 bits per heavy atom. The molecule has 0 saturated carbocycles. The Kier molecular flexibility index (Phi) is 6.09. The summed E-state index contributed by atoms with van der Waals surface area (Å²) in [5, 5.41) is 0. The van der Waals surface area contributed by atoms with Gasteiger partial charge in [0, 0.05) is 46.0 Å². The number of sulfonamides is 1. The van der Waals surface area contributed by atoms with Crippen molar-refractivity contribution in [2.75, 3.05) is 27.2 Å².